The molecule has 16 heteroatoms. The Labute approximate surface area is 296 Å². The van der Waals surface area contributed by atoms with Crippen LogP contribution in [0.25, 0.3) is 11.1 Å². The molecule has 2 aromatic rings. The van der Waals surface area contributed by atoms with E-state index >= 15 is 0 Å². The van der Waals surface area contributed by atoms with Crippen LogP contribution in [0.1, 0.15) is 95.8 Å². The first-order valence-electron chi connectivity index (χ1n) is 17.1. The van der Waals surface area contributed by atoms with Crippen molar-refractivity contribution in [1.29, 1.82) is 0 Å². The van der Waals surface area contributed by atoms with Gasteiger partial charge in [0, 0.05) is 64.8 Å². The number of carbonyl (C=O) groups excluding carboxylic acids is 2. The summed E-state index contributed by atoms with van der Waals surface area (Å²) in [5, 5.41) is 25.3. The first kappa shape index (κ1) is 42.7. The quantitative estimate of drug-likeness (QED) is 0.0783. The van der Waals surface area contributed by atoms with Gasteiger partial charge in [-0.3, -0.25) is 9.59 Å². The molecule has 2 aromatic carbocycles. The molecule has 0 aliphatic carbocycles. The van der Waals surface area contributed by atoms with E-state index in [4.69, 9.17) is 26.6 Å². The third-order valence-corrected chi connectivity index (χ3v) is 13.7. The van der Waals surface area contributed by atoms with Gasteiger partial charge in [-0.05, 0) is 89.8 Å². The molecule has 0 unspecified atom stereocenters. The SMILES string of the molecule is CCO[Si](CCCNC(=O)c1ccc(-c2ccc(C(=O)O)c(C(=O)NCCC[Si](OCC)(OCC)OCC)c2)cc1C(=O)O)(OCC)OCC. The minimum absolute atomic E-state index is 0.0462. The maximum absolute atomic E-state index is 13.2. The fourth-order valence-corrected chi connectivity index (χ4v) is 10.6. The third-order valence-electron chi connectivity index (χ3n) is 7.40. The van der Waals surface area contributed by atoms with E-state index in [9.17, 15) is 29.4 Å². The second-order valence-corrected chi connectivity index (χ2v) is 16.3. The van der Waals surface area contributed by atoms with Crippen LogP contribution in [0.5, 0.6) is 0 Å². The maximum atomic E-state index is 13.2. The van der Waals surface area contributed by atoms with Crippen LogP contribution in [0, 0.1) is 0 Å². The zero-order chi connectivity index (χ0) is 37.2. The Hall–Kier alpha value is -3.49. The lowest BCUT2D eigenvalue weighted by Crippen LogP contribution is -2.46. The van der Waals surface area contributed by atoms with Gasteiger partial charge in [0.1, 0.15) is 0 Å². The Morgan fingerprint density at radius 3 is 1.22 bits per heavy atom. The standard InChI is InChI=1S/C34H52N2O12Si2/c1-7-43-49(44-8-2,45-9-3)21-13-19-35-31(37)27-17-15-26(24-30(27)34(41)42)25-16-18-28(33(39)40)29(23-25)32(38)36-20-14-22-50(46-10-4,47-11-5)48-12-6/h15-18,23-24H,7-14,19-22H2,1-6H3,(H,35,37)(H,36,38)(H,39,40)(H,41,42). The summed E-state index contributed by atoms with van der Waals surface area (Å²) >= 11 is 0. The molecule has 0 bridgehead atoms. The highest BCUT2D eigenvalue weighted by atomic mass is 28.4. The zero-order valence-corrected chi connectivity index (χ0v) is 31.9. The van der Waals surface area contributed by atoms with E-state index in [0.29, 0.717) is 75.7 Å². The number of amides is 2. The molecule has 0 aliphatic rings. The summed E-state index contributed by atoms with van der Waals surface area (Å²) in [5.74, 6) is -3.80. The van der Waals surface area contributed by atoms with E-state index in [1.807, 2.05) is 41.5 Å². The zero-order valence-electron chi connectivity index (χ0n) is 29.9. The molecule has 4 N–H and O–H groups in total. The smallest absolute Gasteiger partial charge is 0.478 e. The van der Waals surface area contributed by atoms with E-state index in [2.05, 4.69) is 10.6 Å². The van der Waals surface area contributed by atoms with Crippen LogP contribution in [-0.4, -0.2) is 104 Å². The summed E-state index contributed by atoms with van der Waals surface area (Å²) in [6.45, 7) is 14.1. The second-order valence-electron chi connectivity index (χ2n) is 10.8. The summed E-state index contributed by atoms with van der Waals surface area (Å²) in [4.78, 5) is 50.6. The minimum atomic E-state index is -2.92. The predicted octanol–water partition coefficient (Wildman–Crippen LogP) is 5.09. The van der Waals surface area contributed by atoms with Crippen molar-refractivity contribution >= 4 is 41.4 Å². The number of carboxylic acids is 2. The number of nitrogens with one attached hydrogen (secondary N) is 2. The molecule has 0 saturated heterocycles. The van der Waals surface area contributed by atoms with Crippen LogP contribution in [0.3, 0.4) is 0 Å². The average molecular weight is 737 g/mol. The highest BCUT2D eigenvalue weighted by Gasteiger charge is 2.40. The lowest BCUT2D eigenvalue weighted by atomic mass is 9.95. The molecule has 2 rings (SSSR count). The monoisotopic (exact) mass is 736 g/mol. The molecule has 278 valence electrons. The van der Waals surface area contributed by atoms with E-state index in [1.165, 1.54) is 30.3 Å². The number of aromatic carboxylic acids is 2. The van der Waals surface area contributed by atoms with E-state index in [-0.39, 0.29) is 35.3 Å². The van der Waals surface area contributed by atoms with Crippen molar-refractivity contribution in [2.45, 2.75) is 66.5 Å². The van der Waals surface area contributed by atoms with Crippen LogP contribution >= 0.6 is 0 Å². The maximum Gasteiger partial charge on any atom is 0.500 e. The van der Waals surface area contributed by atoms with Crippen LogP contribution in [-0.2, 0) is 26.6 Å². The van der Waals surface area contributed by atoms with Crippen LogP contribution in [0.15, 0.2) is 36.4 Å². The Bertz CT molecular complexity index is 1390. The molecule has 0 aliphatic heterocycles. The van der Waals surface area contributed by atoms with Crippen LogP contribution in [0.2, 0.25) is 12.1 Å². The topological polar surface area (TPSA) is 188 Å². The Morgan fingerprint density at radius 1 is 0.520 bits per heavy atom. The lowest BCUT2D eigenvalue weighted by molar-refractivity contribution is 0.0682. The Kier molecular flexibility index (Phi) is 18.5. The van der Waals surface area contributed by atoms with Crippen molar-refractivity contribution in [1.82, 2.24) is 10.6 Å². The number of hydrogen-bond donors (Lipinski definition) is 4. The summed E-state index contributed by atoms with van der Waals surface area (Å²) < 4.78 is 35.1. The molecule has 50 heavy (non-hydrogen) atoms. The first-order chi connectivity index (χ1) is 24.0. The van der Waals surface area contributed by atoms with Crippen molar-refractivity contribution in [2.24, 2.45) is 0 Å². The highest BCUT2D eigenvalue weighted by molar-refractivity contribution is 6.61. The number of hydrogen-bond acceptors (Lipinski definition) is 10. The van der Waals surface area contributed by atoms with Gasteiger partial charge in [-0.2, -0.15) is 0 Å². The Balaban J connectivity index is 2.23. The summed E-state index contributed by atoms with van der Waals surface area (Å²) in [5.41, 5.74) is 0.173. The fraction of sp³-hybridized carbons (Fsp3) is 0.529. The third kappa shape index (κ3) is 12.4. The number of benzene rings is 2. The minimum Gasteiger partial charge on any atom is -0.478 e. The van der Waals surface area contributed by atoms with Crippen molar-refractivity contribution in [3.63, 3.8) is 0 Å². The average Bonchev–Trinajstić information content (AvgIpc) is 3.08. The number of rotatable bonds is 25. The van der Waals surface area contributed by atoms with E-state index in [1.54, 1.807) is 6.07 Å². The van der Waals surface area contributed by atoms with Crippen molar-refractivity contribution < 1.29 is 55.9 Å². The molecule has 0 fully saturated rings. The van der Waals surface area contributed by atoms with E-state index in [0.717, 1.165) is 0 Å². The van der Waals surface area contributed by atoms with E-state index < -0.39 is 41.4 Å². The summed E-state index contributed by atoms with van der Waals surface area (Å²) in [6, 6.07) is 9.38. The molecule has 14 nitrogen and oxygen atoms in total. The molecule has 0 spiro atoms. The fourth-order valence-electron chi connectivity index (χ4n) is 5.40. The molecule has 2 amide bonds. The summed E-state index contributed by atoms with van der Waals surface area (Å²) in [7, 11) is -5.81. The molecule has 0 heterocycles. The molecular weight excluding hydrogens is 685 g/mol. The largest absolute Gasteiger partial charge is 0.500 e. The van der Waals surface area contributed by atoms with Gasteiger partial charge in [-0.1, -0.05) is 12.1 Å². The van der Waals surface area contributed by atoms with Gasteiger partial charge in [0.05, 0.1) is 22.3 Å². The Morgan fingerprint density at radius 2 is 0.860 bits per heavy atom. The predicted molar refractivity (Wildman–Crippen MR) is 191 cm³/mol. The van der Waals surface area contributed by atoms with Crippen molar-refractivity contribution in [3.05, 3.63) is 58.7 Å². The first-order valence-corrected chi connectivity index (χ1v) is 21.0. The van der Waals surface area contributed by atoms with Gasteiger partial charge in [0.15, 0.2) is 0 Å². The van der Waals surface area contributed by atoms with Gasteiger partial charge in [0.2, 0.25) is 0 Å². The number of carboxylic acid groups (broad SMARTS) is 2. The van der Waals surface area contributed by atoms with Gasteiger partial charge < -0.3 is 47.4 Å². The molecule has 0 saturated carbocycles. The summed E-state index contributed by atoms with van der Waals surface area (Å²) in [6.07, 6.45) is 0.966. The van der Waals surface area contributed by atoms with Crippen LogP contribution in [0.4, 0.5) is 0 Å². The van der Waals surface area contributed by atoms with Gasteiger partial charge in [0.25, 0.3) is 11.8 Å². The number of carbonyl (C=O) groups is 4. The van der Waals surface area contributed by atoms with Gasteiger partial charge in [-0.15, -0.1) is 0 Å². The molecule has 0 aromatic heterocycles. The lowest BCUT2D eigenvalue weighted by Gasteiger charge is -2.28. The van der Waals surface area contributed by atoms with Gasteiger partial charge in [-0.25, -0.2) is 9.59 Å². The van der Waals surface area contributed by atoms with Crippen LogP contribution < -0.4 is 10.6 Å². The molecular formula is C34H52N2O12Si2. The molecule has 0 atom stereocenters. The normalized spacial score (nSPS) is 11.7. The van der Waals surface area contributed by atoms with Crippen molar-refractivity contribution in [3.8, 4) is 11.1 Å². The van der Waals surface area contributed by atoms with Crippen molar-refractivity contribution in [2.75, 3.05) is 52.7 Å². The molecule has 0 radical (unpaired) electrons. The van der Waals surface area contributed by atoms with Gasteiger partial charge >= 0.3 is 29.5 Å². The second kappa shape index (κ2) is 21.7. The highest BCUT2D eigenvalue weighted by Crippen LogP contribution is 2.26.